The van der Waals surface area contributed by atoms with Crippen molar-refractivity contribution in [3.63, 3.8) is 0 Å². The van der Waals surface area contributed by atoms with Gasteiger partial charge in [0.25, 0.3) is 0 Å². The number of hydrogen-bond acceptors (Lipinski definition) is 1. The Labute approximate surface area is 121 Å². The van der Waals surface area contributed by atoms with Crippen molar-refractivity contribution in [1.29, 1.82) is 0 Å². The molecular weight excluding hydrogens is 312 g/mol. The summed E-state index contributed by atoms with van der Waals surface area (Å²) in [6, 6.07) is 2.53. The van der Waals surface area contributed by atoms with E-state index in [0.717, 1.165) is 6.42 Å². The van der Waals surface area contributed by atoms with Gasteiger partial charge in [0.15, 0.2) is 0 Å². The highest BCUT2D eigenvalue weighted by molar-refractivity contribution is 9.10. The van der Waals surface area contributed by atoms with Gasteiger partial charge >= 0.3 is 0 Å². The molecule has 1 N–H and O–H groups in total. The first kappa shape index (κ1) is 14.9. The molecule has 0 spiro atoms. The zero-order chi connectivity index (χ0) is 13.8. The van der Waals surface area contributed by atoms with Crippen LogP contribution in [-0.2, 0) is 0 Å². The molecule has 4 heteroatoms. The Hall–Kier alpha value is -0.480. The third-order valence-corrected chi connectivity index (χ3v) is 4.53. The van der Waals surface area contributed by atoms with Crippen LogP contribution in [0.5, 0.6) is 0 Å². The minimum Gasteiger partial charge on any atom is -0.310 e. The topological polar surface area (TPSA) is 12.0 Å². The van der Waals surface area contributed by atoms with Crippen molar-refractivity contribution in [2.75, 3.05) is 6.54 Å². The summed E-state index contributed by atoms with van der Waals surface area (Å²) in [7, 11) is 0. The average molecular weight is 332 g/mol. The predicted molar refractivity (Wildman–Crippen MR) is 77.1 cm³/mol. The second kappa shape index (κ2) is 6.80. The fourth-order valence-corrected chi connectivity index (χ4v) is 3.34. The number of hydrogen-bond donors (Lipinski definition) is 1. The van der Waals surface area contributed by atoms with Gasteiger partial charge in [0.1, 0.15) is 11.6 Å². The zero-order valence-electron chi connectivity index (χ0n) is 11.2. The van der Waals surface area contributed by atoms with Crippen LogP contribution < -0.4 is 5.32 Å². The molecule has 1 aromatic rings. The molecule has 0 saturated heterocycles. The summed E-state index contributed by atoms with van der Waals surface area (Å²) in [6.07, 6.45) is 5.66. The van der Waals surface area contributed by atoms with Gasteiger partial charge in [-0.05, 0) is 46.9 Å². The summed E-state index contributed by atoms with van der Waals surface area (Å²) < 4.78 is 28.5. The van der Waals surface area contributed by atoms with E-state index in [-0.39, 0.29) is 11.6 Å². The number of benzene rings is 1. The van der Waals surface area contributed by atoms with Crippen molar-refractivity contribution in [3.8, 4) is 0 Å². The Morgan fingerprint density at radius 1 is 1.32 bits per heavy atom. The van der Waals surface area contributed by atoms with Crippen molar-refractivity contribution in [1.82, 2.24) is 5.32 Å². The molecule has 0 heterocycles. The molecule has 1 aliphatic carbocycles. The van der Waals surface area contributed by atoms with Gasteiger partial charge in [-0.3, -0.25) is 0 Å². The van der Waals surface area contributed by atoms with Crippen LogP contribution in [-0.4, -0.2) is 6.54 Å². The maximum Gasteiger partial charge on any atom is 0.145 e. The van der Waals surface area contributed by atoms with Gasteiger partial charge < -0.3 is 5.32 Å². The van der Waals surface area contributed by atoms with Gasteiger partial charge in [0.2, 0.25) is 0 Å². The molecule has 0 aliphatic heterocycles. The van der Waals surface area contributed by atoms with Gasteiger partial charge in [-0.2, -0.15) is 0 Å². The normalized spacial score (nSPS) is 17.9. The average Bonchev–Trinajstić information content (AvgIpc) is 2.87. The molecule has 1 saturated carbocycles. The molecule has 1 atom stereocenters. The Balaban J connectivity index is 2.24. The van der Waals surface area contributed by atoms with Crippen LogP contribution in [0.15, 0.2) is 16.6 Å². The molecule has 0 amide bonds. The first-order valence-electron chi connectivity index (χ1n) is 7.00. The molecule has 0 bridgehead atoms. The fourth-order valence-electron chi connectivity index (χ4n) is 2.99. The highest BCUT2D eigenvalue weighted by Crippen LogP contribution is 2.35. The van der Waals surface area contributed by atoms with E-state index in [2.05, 4.69) is 21.2 Å². The van der Waals surface area contributed by atoms with E-state index in [9.17, 15) is 8.78 Å². The van der Waals surface area contributed by atoms with Crippen LogP contribution >= 0.6 is 15.9 Å². The summed E-state index contributed by atoms with van der Waals surface area (Å²) in [5.74, 6) is -0.338. The quantitative estimate of drug-likeness (QED) is 0.752. The van der Waals surface area contributed by atoms with Crippen LogP contribution in [0, 0.1) is 17.6 Å². The molecule has 0 aromatic heterocycles. The molecule has 19 heavy (non-hydrogen) atoms. The van der Waals surface area contributed by atoms with Crippen LogP contribution in [0.2, 0.25) is 0 Å². The summed E-state index contributed by atoms with van der Waals surface area (Å²) in [5, 5.41) is 3.23. The minimum atomic E-state index is -0.469. The van der Waals surface area contributed by atoms with E-state index >= 15 is 0 Å². The lowest BCUT2D eigenvalue weighted by Crippen LogP contribution is -2.25. The van der Waals surface area contributed by atoms with Crippen LogP contribution in [0.4, 0.5) is 8.78 Å². The van der Waals surface area contributed by atoms with E-state index in [0.29, 0.717) is 16.9 Å². The largest absolute Gasteiger partial charge is 0.310 e. The first-order valence-corrected chi connectivity index (χ1v) is 7.79. The smallest absolute Gasteiger partial charge is 0.145 e. The van der Waals surface area contributed by atoms with Gasteiger partial charge in [0.05, 0.1) is 4.47 Å². The Morgan fingerprint density at radius 2 is 2.00 bits per heavy atom. The molecule has 106 valence electrons. The van der Waals surface area contributed by atoms with E-state index < -0.39 is 11.6 Å². The summed E-state index contributed by atoms with van der Waals surface area (Å²) >= 11 is 3.14. The molecular formula is C15H20BrF2N. The number of halogens is 3. The van der Waals surface area contributed by atoms with E-state index in [1.54, 1.807) is 0 Å². The third kappa shape index (κ3) is 3.54. The van der Waals surface area contributed by atoms with Gasteiger partial charge in [-0.1, -0.05) is 32.6 Å². The summed E-state index contributed by atoms with van der Waals surface area (Å²) in [6.45, 7) is 2.68. The zero-order valence-corrected chi connectivity index (χ0v) is 12.8. The second-order valence-corrected chi connectivity index (χ2v) is 6.11. The monoisotopic (exact) mass is 331 g/mol. The van der Waals surface area contributed by atoms with Crippen molar-refractivity contribution in [2.24, 2.45) is 5.92 Å². The minimum absolute atomic E-state index is 0.183. The molecule has 2 rings (SSSR count). The lowest BCUT2D eigenvalue weighted by Gasteiger charge is -2.23. The van der Waals surface area contributed by atoms with Crippen molar-refractivity contribution < 1.29 is 8.78 Å². The maximum atomic E-state index is 14.2. The van der Waals surface area contributed by atoms with E-state index in [1.165, 1.54) is 37.8 Å². The Kier molecular flexibility index (Phi) is 5.34. The highest BCUT2D eigenvalue weighted by atomic mass is 79.9. The number of rotatable bonds is 5. The lowest BCUT2D eigenvalue weighted by atomic mass is 9.93. The van der Waals surface area contributed by atoms with Gasteiger partial charge in [-0.15, -0.1) is 0 Å². The molecule has 1 unspecified atom stereocenters. The molecule has 1 aromatic carbocycles. The fraction of sp³-hybridized carbons (Fsp3) is 0.600. The second-order valence-electron chi connectivity index (χ2n) is 5.25. The highest BCUT2D eigenvalue weighted by Gasteiger charge is 2.26. The predicted octanol–water partition coefficient (Wildman–Crippen LogP) is 4.96. The van der Waals surface area contributed by atoms with Gasteiger partial charge in [0, 0.05) is 11.6 Å². The van der Waals surface area contributed by atoms with Crippen molar-refractivity contribution >= 4 is 15.9 Å². The third-order valence-electron chi connectivity index (χ3n) is 3.92. The standard InChI is InChI=1S/C15H20BrF2N/c1-2-19-13(9-10-5-3-4-6-10)14-12(17)8-7-11(16)15(14)18/h7-8,10,13,19H,2-6,9H2,1H3. The maximum absolute atomic E-state index is 14.2. The number of nitrogens with one attached hydrogen (secondary N) is 1. The summed E-state index contributed by atoms with van der Waals surface area (Å²) in [4.78, 5) is 0. The van der Waals surface area contributed by atoms with E-state index in [1.807, 2.05) is 6.92 Å². The molecule has 0 radical (unpaired) electrons. The van der Waals surface area contributed by atoms with Crippen molar-refractivity contribution in [2.45, 2.75) is 45.1 Å². The van der Waals surface area contributed by atoms with Crippen LogP contribution in [0.25, 0.3) is 0 Å². The van der Waals surface area contributed by atoms with Crippen LogP contribution in [0.3, 0.4) is 0 Å². The van der Waals surface area contributed by atoms with Crippen molar-refractivity contribution in [3.05, 3.63) is 33.8 Å². The van der Waals surface area contributed by atoms with Gasteiger partial charge in [-0.25, -0.2) is 8.78 Å². The molecule has 1 nitrogen and oxygen atoms in total. The molecule has 1 aliphatic rings. The molecule has 1 fully saturated rings. The lowest BCUT2D eigenvalue weighted by molar-refractivity contribution is 0.378. The first-order chi connectivity index (χ1) is 9.13. The summed E-state index contributed by atoms with van der Waals surface area (Å²) in [5.41, 5.74) is 0.183. The van der Waals surface area contributed by atoms with E-state index in [4.69, 9.17) is 0 Å². The van der Waals surface area contributed by atoms with Crippen LogP contribution in [0.1, 0.15) is 50.6 Å². The Morgan fingerprint density at radius 3 is 2.63 bits per heavy atom. The SMILES string of the molecule is CCNC(CC1CCCC1)c1c(F)ccc(Br)c1F. The Bertz CT molecular complexity index is 430.